The number of benzene rings is 2. The Morgan fingerprint density at radius 2 is 1.91 bits per heavy atom. The molecule has 0 aliphatic heterocycles. The number of pyridine rings is 1. The number of hydrogen-bond donors (Lipinski definition) is 3. The van der Waals surface area contributed by atoms with E-state index in [4.69, 9.17) is 4.74 Å². The molecule has 0 bridgehead atoms. The number of hydrogen-bond acceptors (Lipinski definition) is 6. The zero-order valence-electron chi connectivity index (χ0n) is 18.7. The van der Waals surface area contributed by atoms with E-state index in [2.05, 4.69) is 52.6 Å². The van der Waals surface area contributed by atoms with Crippen LogP contribution in [0.5, 0.6) is 5.75 Å². The number of nitrogens with zero attached hydrogens (tertiary/aromatic N) is 2. The quantitative estimate of drug-likeness (QED) is 0.445. The van der Waals surface area contributed by atoms with E-state index in [0.29, 0.717) is 23.8 Å². The lowest BCUT2D eigenvalue weighted by Gasteiger charge is -2.29. The maximum atomic E-state index is 9.59. The Labute approximate surface area is 189 Å². The fourth-order valence-corrected chi connectivity index (χ4v) is 4.41. The summed E-state index contributed by atoms with van der Waals surface area (Å²) in [5, 5.41) is 22.6. The zero-order chi connectivity index (χ0) is 22.5. The van der Waals surface area contributed by atoms with E-state index in [1.54, 1.807) is 18.5 Å². The minimum absolute atomic E-state index is 0.368. The molecule has 0 spiro atoms. The fourth-order valence-electron chi connectivity index (χ4n) is 4.41. The van der Waals surface area contributed by atoms with E-state index in [9.17, 15) is 10.2 Å². The highest BCUT2D eigenvalue weighted by Gasteiger charge is 2.22. The van der Waals surface area contributed by atoms with Crippen molar-refractivity contribution in [1.29, 1.82) is 0 Å². The number of anilines is 3. The van der Waals surface area contributed by atoms with Gasteiger partial charge in [-0.05, 0) is 79.8 Å². The van der Waals surface area contributed by atoms with Crippen molar-refractivity contribution in [1.82, 2.24) is 4.98 Å². The number of aliphatic hydroxyl groups is 2. The molecule has 0 amide bonds. The minimum Gasteiger partial charge on any atom is -0.494 e. The van der Waals surface area contributed by atoms with Crippen molar-refractivity contribution in [3.8, 4) is 5.75 Å². The summed E-state index contributed by atoms with van der Waals surface area (Å²) < 4.78 is 5.55. The highest BCUT2D eigenvalue weighted by molar-refractivity contribution is 5.65. The largest absolute Gasteiger partial charge is 0.494 e. The Bertz CT molecular complexity index is 1040. The van der Waals surface area contributed by atoms with Gasteiger partial charge in [0.2, 0.25) is 0 Å². The Morgan fingerprint density at radius 3 is 2.66 bits per heavy atom. The van der Waals surface area contributed by atoms with Gasteiger partial charge in [0, 0.05) is 42.6 Å². The Balaban J connectivity index is 1.49. The third kappa shape index (κ3) is 4.87. The summed E-state index contributed by atoms with van der Waals surface area (Å²) in [4.78, 5) is 6.31. The fraction of sp³-hybridized carbons (Fsp3) is 0.346. The molecule has 1 heterocycles. The van der Waals surface area contributed by atoms with Gasteiger partial charge in [-0.1, -0.05) is 6.07 Å². The number of aryl methyl sites for hydroxylation is 1. The summed E-state index contributed by atoms with van der Waals surface area (Å²) >= 11 is 0. The van der Waals surface area contributed by atoms with E-state index in [1.807, 2.05) is 19.1 Å². The number of rotatable bonds is 8. The Morgan fingerprint density at radius 1 is 1.12 bits per heavy atom. The van der Waals surface area contributed by atoms with Crippen LogP contribution in [0.1, 0.15) is 48.7 Å². The first kappa shape index (κ1) is 22.1. The molecule has 1 atom stereocenters. The second-order valence-corrected chi connectivity index (χ2v) is 8.18. The molecule has 4 rings (SSSR count). The van der Waals surface area contributed by atoms with Crippen LogP contribution < -0.4 is 15.0 Å². The van der Waals surface area contributed by atoms with Crippen molar-refractivity contribution in [2.75, 3.05) is 30.4 Å². The molecule has 0 saturated carbocycles. The van der Waals surface area contributed by atoms with E-state index >= 15 is 0 Å². The molecule has 0 unspecified atom stereocenters. The van der Waals surface area contributed by atoms with Crippen LogP contribution in [0.25, 0.3) is 0 Å². The monoisotopic (exact) mass is 433 g/mol. The number of aromatic nitrogens is 1. The molecule has 32 heavy (non-hydrogen) atoms. The predicted molar refractivity (Wildman–Crippen MR) is 128 cm³/mol. The highest BCUT2D eigenvalue weighted by Crippen LogP contribution is 2.36. The summed E-state index contributed by atoms with van der Waals surface area (Å²) in [6.45, 7) is 3.38. The standard InChI is InChI=1S/C26H31N3O3/c1-3-32-22-10-7-20(8-11-22)29(2)21-9-12-23-18(15-21)5-4-6-19(23)16-28-25-17-27-14-13-24(25)26(30)31/h7-15,17,19,26,28,30-31H,3-6,16H2,1-2H3/t19-/m0/s1. The van der Waals surface area contributed by atoms with Crippen LogP contribution in [-0.2, 0) is 6.42 Å². The predicted octanol–water partition coefficient (Wildman–Crippen LogP) is 4.76. The smallest absolute Gasteiger partial charge is 0.180 e. The lowest BCUT2D eigenvalue weighted by Crippen LogP contribution is -2.20. The lowest BCUT2D eigenvalue weighted by molar-refractivity contribution is -0.0419. The first-order chi connectivity index (χ1) is 15.6. The minimum atomic E-state index is -1.51. The third-order valence-corrected chi connectivity index (χ3v) is 6.16. The van der Waals surface area contributed by atoms with Crippen LogP contribution in [0.15, 0.2) is 60.9 Å². The average Bonchev–Trinajstić information content (AvgIpc) is 2.82. The zero-order valence-corrected chi connectivity index (χ0v) is 18.7. The van der Waals surface area contributed by atoms with Crippen LogP contribution in [-0.4, -0.2) is 35.4 Å². The normalized spacial score (nSPS) is 15.3. The van der Waals surface area contributed by atoms with Crippen LogP contribution in [0.2, 0.25) is 0 Å². The van der Waals surface area contributed by atoms with Crippen molar-refractivity contribution in [2.45, 2.75) is 38.4 Å². The van der Waals surface area contributed by atoms with Crippen LogP contribution in [0, 0.1) is 0 Å². The maximum Gasteiger partial charge on any atom is 0.180 e. The molecule has 168 valence electrons. The van der Waals surface area contributed by atoms with Crippen molar-refractivity contribution in [2.24, 2.45) is 0 Å². The molecule has 1 aromatic heterocycles. The average molecular weight is 434 g/mol. The van der Waals surface area contributed by atoms with Gasteiger partial charge in [0.25, 0.3) is 0 Å². The van der Waals surface area contributed by atoms with Crippen molar-refractivity contribution >= 4 is 17.1 Å². The van der Waals surface area contributed by atoms with Crippen LogP contribution >= 0.6 is 0 Å². The third-order valence-electron chi connectivity index (χ3n) is 6.16. The van der Waals surface area contributed by atoms with Gasteiger partial charge in [0.15, 0.2) is 6.29 Å². The van der Waals surface area contributed by atoms with E-state index in [-0.39, 0.29) is 0 Å². The van der Waals surface area contributed by atoms with E-state index < -0.39 is 6.29 Å². The number of ether oxygens (including phenoxy) is 1. The molecule has 3 aromatic rings. The van der Waals surface area contributed by atoms with E-state index in [1.165, 1.54) is 16.8 Å². The molecule has 6 heteroatoms. The first-order valence-electron chi connectivity index (χ1n) is 11.2. The summed E-state index contributed by atoms with van der Waals surface area (Å²) in [6, 6.07) is 16.5. The molecule has 3 N–H and O–H groups in total. The highest BCUT2D eigenvalue weighted by atomic mass is 16.5. The maximum absolute atomic E-state index is 9.59. The Hall–Kier alpha value is -3.09. The number of aliphatic hydroxyl groups excluding tert-OH is 1. The second-order valence-electron chi connectivity index (χ2n) is 8.18. The van der Waals surface area contributed by atoms with Crippen molar-refractivity contribution in [3.05, 3.63) is 77.6 Å². The number of fused-ring (bicyclic) bond motifs is 1. The van der Waals surface area contributed by atoms with Gasteiger partial charge in [0.05, 0.1) is 18.5 Å². The van der Waals surface area contributed by atoms with E-state index in [0.717, 1.165) is 37.2 Å². The second kappa shape index (κ2) is 10.0. The molecular formula is C26H31N3O3. The Kier molecular flexibility index (Phi) is 6.93. The van der Waals surface area contributed by atoms with Crippen molar-refractivity contribution < 1.29 is 14.9 Å². The topological polar surface area (TPSA) is 77.9 Å². The number of nitrogens with one attached hydrogen (secondary N) is 1. The summed E-state index contributed by atoms with van der Waals surface area (Å²) in [7, 11) is 2.09. The molecule has 1 aliphatic rings. The lowest BCUT2D eigenvalue weighted by atomic mass is 9.82. The summed E-state index contributed by atoms with van der Waals surface area (Å²) in [5.74, 6) is 1.25. The SMILES string of the molecule is CCOc1ccc(N(C)c2ccc3c(c2)CCC[C@H]3CNc2cnccc2C(O)O)cc1. The van der Waals surface area contributed by atoms with Gasteiger partial charge < -0.3 is 25.2 Å². The molecular weight excluding hydrogens is 402 g/mol. The molecule has 0 saturated heterocycles. The summed E-state index contributed by atoms with van der Waals surface area (Å²) in [6.07, 6.45) is 5.01. The van der Waals surface area contributed by atoms with Gasteiger partial charge in [-0.25, -0.2) is 0 Å². The van der Waals surface area contributed by atoms with Crippen LogP contribution in [0.4, 0.5) is 17.1 Å². The molecule has 1 aliphatic carbocycles. The summed E-state index contributed by atoms with van der Waals surface area (Å²) in [5.41, 5.74) is 6.15. The van der Waals surface area contributed by atoms with Gasteiger partial charge in [-0.2, -0.15) is 0 Å². The van der Waals surface area contributed by atoms with Gasteiger partial charge in [0.1, 0.15) is 5.75 Å². The molecule has 0 fully saturated rings. The molecule has 2 aromatic carbocycles. The molecule has 0 radical (unpaired) electrons. The van der Waals surface area contributed by atoms with Gasteiger partial charge >= 0.3 is 0 Å². The van der Waals surface area contributed by atoms with Gasteiger partial charge in [-0.15, -0.1) is 0 Å². The van der Waals surface area contributed by atoms with Crippen molar-refractivity contribution in [3.63, 3.8) is 0 Å². The van der Waals surface area contributed by atoms with Gasteiger partial charge in [-0.3, -0.25) is 4.98 Å². The van der Waals surface area contributed by atoms with Crippen LogP contribution in [0.3, 0.4) is 0 Å². The first-order valence-corrected chi connectivity index (χ1v) is 11.2. The molecule has 6 nitrogen and oxygen atoms in total.